The van der Waals surface area contributed by atoms with Crippen LogP contribution in [0.3, 0.4) is 0 Å². The zero-order valence-corrected chi connectivity index (χ0v) is 32.6. The third-order valence-electron chi connectivity index (χ3n) is 14.1. The van der Waals surface area contributed by atoms with E-state index in [0.717, 1.165) is 0 Å². The zero-order chi connectivity index (χ0) is 37.1. The molecule has 7 aromatic carbocycles. The molecule has 0 saturated carbocycles. The van der Waals surface area contributed by atoms with Crippen molar-refractivity contribution in [1.82, 2.24) is 0 Å². The number of rotatable bonds is 1. The van der Waals surface area contributed by atoms with Crippen LogP contribution in [0.5, 0.6) is 0 Å². The summed E-state index contributed by atoms with van der Waals surface area (Å²) in [7, 11) is 0. The highest BCUT2D eigenvalue weighted by atomic mass is 15.2. The van der Waals surface area contributed by atoms with Crippen molar-refractivity contribution in [3.05, 3.63) is 172 Å². The summed E-state index contributed by atoms with van der Waals surface area (Å²) in [4.78, 5) is 2.62. The average molecular weight is 696 g/mol. The molecule has 0 saturated heterocycles. The minimum absolute atomic E-state index is 0.0561. The molecule has 11 rings (SSSR count). The molecule has 1 aliphatic heterocycles. The van der Waals surface area contributed by atoms with Gasteiger partial charge in [0.05, 0.1) is 17.1 Å². The Labute approximate surface area is 319 Å². The van der Waals surface area contributed by atoms with Crippen molar-refractivity contribution >= 4 is 39.0 Å². The molecule has 1 heterocycles. The molecule has 0 unspecified atom stereocenters. The molecule has 0 amide bonds. The molecular formula is C53H45N. The Morgan fingerprint density at radius 2 is 0.796 bits per heavy atom. The monoisotopic (exact) mass is 695 g/mol. The van der Waals surface area contributed by atoms with Gasteiger partial charge in [-0.1, -0.05) is 133 Å². The molecule has 0 aromatic heterocycles. The summed E-state index contributed by atoms with van der Waals surface area (Å²) in [5.74, 6) is 0. The largest absolute Gasteiger partial charge is 0.309 e. The van der Waals surface area contributed by atoms with E-state index in [1.807, 2.05) is 0 Å². The molecule has 0 spiro atoms. The summed E-state index contributed by atoms with van der Waals surface area (Å²) in [6.07, 6.45) is 0. The fourth-order valence-electron chi connectivity index (χ4n) is 10.9. The molecule has 3 aliphatic carbocycles. The van der Waals surface area contributed by atoms with Crippen LogP contribution in [0.2, 0.25) is 0 Å². The Bertz CT molecular complexity index is 2870. The van der Waals surface area contributed by atoms with E-state index in [-0.39, 0.29) is 16.2 Å². The molecule has 0 fully saturated rings. The van der Waals surface area contributed by atoms with Crippen LogP contribution < -0.4 is 4.90 Å². The maximum absolute atomic E-state index is 2.62. The van der Waals surface area contributed by atoms with Crippen molar-refractivity contribution in [3.8, 4) is 33.4 Å². The summed E-state index contributed by atoms with van der Waals surface area (Å²) in [6.45, 7) is 19.1. The molecule has 1 heteroatoms. The number of benzene rings is 7. The summed E-state index contributed by atoms with van der Waals surface area (Å²) in [6, 6.07) is 49.0. The van der Waals surface area contributed by atoms with Gasteiger partial charge in [0, 0.05) is 32.8 Å². The Morgan fingerprint density at radius 1 is 0.333 bits per heavy atom. The predicted molar refractivity (Wildman–Crippen MR) is 229 cm³/mol. The highest BCUT2D eigenvalue weighted by molar-refractivity contribution is 6.13. The van der Waals surface area contributed by atoms with Crippen molar-refractivity contribution < 1.29 is 0 Å². The number of allylic oxidation sites excluding steroid dienone is 2. The van der Waals surface area contributed by atoms with E-state index in [4.69, 9.17) is 0 Å². The third-order valence-corrected chi connectivity index (χ3v) is 14.1. The number of hydrogen-bond acceptors (Lipinski definition) is 1. The molecule has 0 bridgehead atoms. The molecule has 7 aromatic rings. The van der Waals surface area contributed by atoms with Gasteiger partial charge in [-0.05, 0) is 134 Å². The van der Waals surface area contributed by atoms with Crippen molar-refractivity contribution in [1.29, 1.82) is 0 Å². The minimum atomic E-state index is -0.194. The Kier molecular flexibility index (Phi) is 6.07. The van der Waals surface area contributed by atoms with Crippen LogP contribution in [0.15, 0.2) is 127 Å². The van der Waals surface area contributed by atoms with Crippen LogP contribution in [0.4, 0.5) is 17.1 Å². The first-order valence-corrected chi connectivity index (χ1v) is 19.6. The molecule has 262 valence electrons. The zero-order valence-electron chi connectivity index (χ0n) is 32.6. The van der Waals surface area contributed by atoms with Crippen LogP contribution in [0, 0.1) is 0 Å². The van der Waals surface area contributed by atoms with Gasteiger partial charge in [0.25, 0.3) is 0 Å². The number of nitrogens with zero attached hydrogens (tertiary/aromatic N) is 1. The van der Waals surface area contributed by atoms with E-state index in [1.54, 1.807) is 0 Å². The number of anilines is 3. The van der Waals surface area contributed by atoms with Gasteiger partial charge in [0.15, 0.2) is 0 Å². The van der Waals surface area contributed by atoms with Crippen LogP contribution in [0.1, 0.15) is 99.9 Å². The first-order valence-electron chi connectivity index (χ1n) is 19.6. The number of fused-ring (bicyclic) bond motifs is 13. The second-order valence-electron chi connectivity index (χ2n) is 17.8. The van der Waals surface area contributed by atoms with Crippen molar-refractivity contribution in [2.75, 3.05) is 4.90 Å². The maximum atomic E-state index is 2.62. The lowest BCUT2D eigenvalue weighted by Crippen LogP contribution is -2.19. The van der Waals surface area contributed by atoms with Gasteiger partial charge in [-0.25, -0.2) is 0 Å². The first-order chi connectivity index (χ1) is 25.9. The van der Waals surface area contributed by atoms with Crippen molar-refractivity contribution in [3.63, 3.8) is 0 Å². The van der Waals surface area contributed by atoms with Gasteiger partial charge in [-0.3, -0.25) is 0 Å². The standard InChI is InChI=1S/C53H45N/c1-30-31(2)37-25-38-33-18-11-14-22-41(33)52(5,6)45(38)28-49(37)54(47-24-16-13-17-32(30)47)48-29-46-50(36-21-10-9-20-35(36)48)40-27-43-39(26-44(40)53(46,7)8)34-19-12-15-23-42(34)51(43,3)4/h9-29H,1-8H3. The fraction of sp³-hybridized carbons (Fsp3) is 0.208. The summed E-state index contributed by atoms with van der Waals surface area (Å²) < 4.78 is 0. The molecule has 1 nitrogen and oxygen atoms in total. The van der Waals surface area contributed by atoms with Crippen molar-refractivity contribution in [2.45, 2.75) is 71.6 Å². The highest BCUT2D eigenvalue weighted by Gasteiger charge is 2.44. The SMILES string of the molecule is CC1=C(C)c2cc3c(cc2N(c2cc4c(c5ccccc25)-c2cc5c(cc2C4(C)C)-c2ccccc2C5(C)C)c2ccccc21)C(C)(C)c1ccccc1-3. The van der Waals surface area contributed by atoms with Gasteiger partial charge in [-0.2, -0.15) is 0 Å². The lowest BCUT2D eigenvalue weighted by Gasteiger charge is -2.32. The summed E-state index contributed by atoms with van der Waals surface area (Å²) in [5, 5.41) is 2.60. The average Bonchev–Trinajstić information content (AvgIpc) is 3.62. The van der Waals surface area contributed by atoms with E-state index < -0.39 is 0 Å². The number of para-hydroxylation sites is 1. The highest BCUT2D eigenvalue weighted by Crippen LogP contribution is 2.60. The smallest absolute Gasteiger partial charge is 0.0544 e. The fourth-order valence-corrected chi connectivity index (χ4v) is 10.9. The quantitative estimate of drug-likeness (QED) is 0.165. The van der Waals surface area contributed by atoms with E-state index in [2.05, 4.69) is 188 Å². The second-order valence-corrected chi connectivity index (χ2v) is 17.8. The van der Waals surface area contributed by atoms with Crippen LogP contribution in [-0.2, 0) is 16.2 Å². The predicted octanol–water partition coefficient (Wildman–Crippen LogP) is 14.5. The summed E-state index contributed by atoms with van der Waals surface area (Å²) in [5.41, 5.74) is 25.4. The topological polar surface area (TPSA) is 3.24 Å². The second kappa shape index (κ2) is 10.3. The summed E-state index contributed by atoms with van der Waals surface area (Å²) >= 11 is 0. The van der Waals surface area contributed by atoms with Gasteiger partial charge in [0.2, 0.25) is 0 Å². The van der Waals surface area contributed by atoms with E-state index in [0.29, 0.717) is 0 Å². The van der Waals surface area contributed by atoms with E-state index in [1.165, 1.54) is 117 Å². The van der Waals surface area contributed by atoms with Crippen LogP contribution >= 0.6 is 0 Å². The Balaban J connectivity index is 1.21. The van der Waals surface area contributed by atoms with Gasteiger partial charge < -0.3 is 4.90 Å². The van der Waals surface area contributed by atoms with E-state index in [9.17, 15) is 0 Å². The minimum Gasteiger partial charge on any atom is -0.309 e. The Hall–Kier alpha value is -5.66. The molecule has 0 atom stereocenters. The molecule has 0 N–H and O–H groups in total. The van der Waals surface area contributed by atoms with Gasteiger partial charge in [0.1, 0.15) is 0 Å². The van der Waals surface area contributed by atoms with Gasteiger partial charge in [-0.15, -0.1) is 0 Å². The molecule has 0 radical (unpaired) electrons. The van der Waals surface area contributed by atoms with E-state index >= 15 is 0 Å². The maximum Gasteiger partial charge on any atom is 0.0544 e. The molecular weight excluding hydrogens is 651 g/mol. The lowest BCUT2D eigenvalue weighted by molar-refractivity contribution is 0.652. The van der Waals surface area contributed by atoms with Crippen LogP contribution in [0.25, 0.3) is 55.3 Å². The first kappa shape index (κ1) is 31.8. The third kappa shape index (κ3) is 3.80. The molecule has 4 aliphatic rings. The molecule has 54 heavy (non-hydrogen) atoms. The lowest BCUT2D eigenvalue weighted by atomic mass is 9.79. The normalized spacial score (nSPS) is 17.2. The van der Waals surface area contributed by atoms with Gasteiger partial charge >= 0.3 is 0 Å². The Morgan fingerprint density at radius 3 is 1.48 bits per heavy atom. The number of hydrogen-bond donors (Lipinski definition) is 0. The van der Waals surface area contributed by atoms with Crippen LogP contribution in [-0.4, -0.2) is 0 Å². The van der Waals surface area contributed by atoms with Crippen molar-refractivity contribution in [2.24, 2.45) is 0 Å².